The van der Waals surface area contributed by atoms with Crippen molar-refractivity contribution in [1.29, 1.82) is 5.26 Å². The van der Waals surface area contributed by atoms with Gasteiger partial charge in [0.15, 0.2) is 0 Å². The highest BCUT2D eigenvalue weighted by Crippen LogP contribution is 2.27. The third-order valence-electron chi connectivity index (χ3n) is 2.80. The Morgan fingerprint density at radius 1 is 1.42 bits per heavy atom. The SMILES string of the molecule is CCOC(=O)CCN/C=C(/C#N)C(=O)Nc1cc(Cl)ccc1OC. The molecule has 0 heterocycles. The first kappa shape index (κ1) is 19.3. The van der Waals surface area contributed by atoms with Gasteiger partial charge in [0.05, 0.1) is 25.8 Å². The molecule has 0 bridgehead atoms. The number of carbonyl (C=O) groups excluding carboxylic acids is 2. The lowest BCUT2D eigenvalue weighted by atomic mass is 10.2. The standard InChI is InChI=1S/C16H18ClN3O4/c1-3-24-15(21)6-7-19-10-11(9-18)16(22)20-13-8-12(17)4-5-14(13)23-2/h4-5,8,10,19H,3,6-7H2,1-2H3,(H,20,22)/b11-10-. The van der Waals surface area contributed by atoms with Crippen LogP contribution < -0.4 is 15.4 Å². The minimum Gasteiger partial charge on any atom is -0.495 e. The van der Waals surface area contributed by atoms with E-state index in [4.69, 9.17) is 26.3 Å². The third kappa shape index (κ3) is 6.18. The number of halogens is 1. The molecule has 0 aliphatic carbocycles. The fourth-order valence-electron chi connectivity index (χ4n) is 1.70. The van der Waals surface area contributed by atoms with Gasteiger partial charge in [-0.05, 0) is 25.1 Å². The molecule has 1 amide bonds. The lowest BCUT2D eigenvalue weighted by Crippen LogP contribution is -2.19. The van der Waals surface area contributed by atoms with Gasteiger partial charge in [0.25, 0.3) is 5.91 Å². The third-order valence-corrected chi connectivity index (χ3v) is 3.04. The number of ether oxygens (including phenoxy) is 2. The topological polar surface area (TPSA) is 100 Å². The smallest absolute Gasteiger partial charge is 0.307 e. The Morgan fingerprint density at radius 2 is 2.17 bits per heavy atom. The zero-order valence-corrected chi connectivity index (χ0v) is 14.1. The monoisotopic (exact) mass is 351 g/mol. The molecule has 0 aliphatic rings. The van der Waals surface area contributed by atoms with Gasteiger partial charge < -0.3 is 20.1 Å². The van der Waals surface area contributed by atoms with Crippen LogP contribution in [0.5, 0.6) is 5.75 Å². The summed E-state index contributed by atoms with van der Waals surface area (Å²) in [5.41, 5.74) is 0.198. The number of amides is 1. The fourth-order valence-corrected chi connectivity index (χ4v) is 1.87. The second-order valence-electron chi connectivity index (χ2n) is 4.48. The first-order valence-corrected chi connectivity index (χ1v) is 7.53. The molecule has 0 fully saturated rings. The Kier molecular flexibility index (Phi) is 8.16. The molecule has 0 radical (unpaired) electrons. The number of anilines is 1. The van der Waals surface area contributed by atoms with Gasteiger partial charge in [0.1, 0.15) is 17.4 Å². The van der Waals surface area contributed by atoms with Crippen LogP contribution in [0.4, 0.5) is 5.69 Å². The quantitative estimate of drug-likeness (QED) is 0.322. The number of benzene rings is 1. The number of nitrogens with one attached hydrogen (secondary N) is 2. The van der Waals surface area contributed by atoms with E-state index in [9.17, 15) is 9.59 Å². The number of methoxy groups -OCH3 is 1. The molecule has 128 valence electrons. The summed E-state index contributed by atoms with van der Waals surface area (Å²) in [6, 6.07) is 6.52. The minimum atomic E-state index is -0.623. The van der Waals surface area contributed by atoms with Crippen LogP contribution >= 0.6 is 11.6 Å². The molecule has 0 saturated carbocycles. The molecule has 0 aromatic heterocycles. The highest BCUT2D eigenvalue weighted by Gasteiger charge is 2.12. The summed E-state index contributed by atoms with van der Waals surface area (Å²) in [5, 5.41) is 14.8. The van der Waals surface area contributed by atoms with Crippen LogP contribution in [0.2, 0.25) is 5.02 Å². The molecule has 0 saturated heterocycles. The Balaban J connectivity index is 2.67. The summed E-state index contributed by atoms with van der Waals surface area (Å²) in [5.74, 6) is -0.563. The van der Waals surface area contributed by atoms with Crippen molar-refractivity contribution in [3.05, 3.63) is 35.0 Å². The first-order chi connectivity index (χ1) is 11.5. The van der Waals surface area contributed by atoms with Crippen LogP contribution in [0.15, 0.2) is 30.0 Å². The van der Waals surface area contributed by atoms with Gasteiger partial charge in [-0.15, -0.1) is 0 Å². The Labute approximate surface area is 145 Å². The lowest BCUT2D eigenvalue weighted by Gasteiger charge is -2.10. The maximum absolute atomic E-state index is 12.1. The van der Waals surface area contributed by atoms with Crippen LogP contribution in [0, 0.1) is 11.3 Å². The van der Waals surface area contributed by atoms with Gasteiger partial charge in [-0.3, -0.25) is 9.59 Å². The molecule has 7 nitrogen and oxygen atoms in total. The van der Waals surface area contributed by atoms with Crippen molar-refractivity contribution >= 4 is 29.2 Å². The molecule has 24 heavy (non-hydrogen) atoms. The number of nitriles is 1. The Bertz CT molecular complexity index is 668. The number of hydrogen-bond donors (Lipinski definition) is 2. The highest BCUT2D eigenvalue weighted by atomic mass is 35.5. The van der Waals surface area contributed by atoms with E-state index in [1.807, 2.05) is 0 Å². The summed E-state index contributed by atoms with van der Waals surface area (Å²) < 4.78 is 9.89. The first-order valence-electron chi connectivity index (χ1n) is 7.16. The Morgan fingerprint density at radius 3 is 2.79 bits per heavy atom. The fraction of sp³-hybridized carbons (Fsp3) is 0.312. The summed E-state index contributed by atoms with van der Waals surface area (Å²) in [7, 11) is 1.46. The number of esters is 1. The predicted octanol–water partition coefficient (Wildman–Crippen LogP) is 2.24. The molecule has 0 spiro atoms. The van der Waals surface area contributed by atoms with Crippen molar-refractivity contribution in [3.63, 3.8) is 0 Å². The van der Waals surface area contributed by atoms with Crippen molar-refractivity contribution in [3.8, 4) is 11.8 Å². The van der Waals surface area contributed by atoms with Crippen LogP contribution in [0.1, 0.15) is 13.3 Å². The van der Waals surface area contributed by atoms with Gasteiger partial charge in [0.2, 0.25) is 0 Å². The van der Waals surface area contributed by atoms with Crippen molar-refractivity contribution in [1.82, 2.24) is 5.32 Å². The summed E-state index contributed by atoms with van der Waals surface area (Å²) in [6.45, 7) is 2.27. The van der Waals surface area contributed by atoms with Gasteiger partial charge in [-0.1, -0.05) is 11.6 Å². The van der Waals surface area contributed by atoms with Gasteiger partial charge in [-0.25, -0.2) is 0 Å². The maximum Gasteiger partial charge on any atom is 0.307 e. The zero-order chi connectivity index (χ0) is 17.9. The van der Waals surface area contributed by atoms with Crippen molar-refractivity contribution in [2.24, 2.45) is 0 Å². The van der Waals surface area contributed by atoms with E-state index < -0.39 is 5.91 Å². The van der Waals surface area contributed by atoms with Gasteiger partial charge in [-0.2, -0.15) is 5.26 Å². The van der Waals surface area contributed by atoms with Crippen LogP contribution in [-0.4, -0.2) is 32.1 Å². The molecule has 0 unspecified atom stereocenters. The van der Waals surface area contributed by atoms with E-state index in [0.717, 1.165) is 0 Å². The number of hydrogen-bond acceptors (Lipinski definition) is 6. The Hall–Kier alpha value is -2.72. The molecule has 1 rings (SSSR count). The summed E-state index contributed by atoms with van der Waals surface area (Å²) >= 11 is 5.89. The van der Waals surface area contributed by atoms with Crippen LogP contribution in [0.25, 0.3) is 0 Å². The van der Waals surface area contributed by atoms with Gasteiger partial charge in [0, 0.05) is 17.8 Å². The number of rotatable bonds is 8. The van der Waals surface area contributed by atoms with E-state index in [0.29, 0.717) is 23.1 Å². The summed E-state index contributed by atoms with van der Waals surface area (Å²) in [4.78, 5) is 23.3. The van der Waals surface area contributed by atoms with E-state index in [-0.39, 0.29) is 24.5 Å². The highest BCUT2D eigenvalue weighted by molar-refractivity contribution is 6.31. The van der Waals surface area contributed by atoms with Crippen LogP contribution in [0.3, 0.4) is 0 Å². The zero-order valence-electron chi connectivity index (χ0n) is 13.4. The van der Waals surface area contributed by atoms with Gasteiger partial charge >= 0.3 is 5.97 Å². The molecule has 1 aromatic carbocycles. The number of nitrogens with zero attached hydrogens (tertiary/aromatic N) is 1. The molecule has 8 heteroatoms. The van der Waals surface area contributed by atoms with E-state index in [2.05, 4.69) is 10.6 Å². The molecule has 0 aliphatic heterocycles. The van der Waals surface area contributed by atoms with Crippen molar-refractivity contribution < 1.29 is 19.1 Å². The second-order valence-corrected chi connectivity index (χ2v) is 4.91. The molecular formula is C16H18ClN3O4. The average Bonchev–Trinajstić information content (AvgIpc) is 2.55. The average molecular weight is 352 g/mol. The summed E-state index contributed by atoms with van der Waals surface area (Å²) in [6.07, 6.45) is 1.37. The van der Waals surface area contributed by atoms with Crippen LogP contribution in [-0.2, 0) is 14.3 Å². The largest absolute Gasteiger partial charge is 0.495 e. The van der Waals surface area contributed by atoms with Crippen molar-refractivity contribution in [2.75, 3.05) is 25.6 Å². The molecule has 2 N–H and O–H groups in total. The predicted molar refractivity (Wildman–Crippen MR) is 89.6 cm³/mol. The lowest BCUT2D eigenvalue weighted by molar-refractivity contribution is -0.142. The van der Waals surface area contributed by atoms with E-state index >= 15 is 0 Å². The van der Waals surface area contributed by atoms with E-state index in [1.54, 1.807) is 25.1 Å². The molecule has 1 aromatic rings. The van der Waals surface area contributed by atoms with E-state index in [1.165, 1.54) is 19.4 Å². The maximum atomic E-state index is 12.1. The second kappa shape index (κ2) is 10.1. The molecule has 0 atom stereocenters. The normalized spacial score (nSPS) is 10.5. The molecular weight excluding hydrogens is 334 g/mol. The number of carbonyl (C=O) groups is 2. The van der Waals surface area contributed by atoms with Crippen molar-refractivity contribution in [2.45, 2.75) is 13.3 Å². The minimum absolute atomic E-state index is 0.132.